The minimum Gasteiger partial charge on any atom is -0.398 e. The zero-order valence-corrected chi connectivity index (χ0v) is 12.2. The van der Waals surface area contributed by atoms with Gasteiger partial charge < -0.3 is 10.6 Å². The standard InChI is InChI=1S/C17H26N2/c1-12-3-6-17(18)16(7-12)11-19(2)10-15-9-13-4-5-14(15)8-13/h3,6-7,13-15H,4-5,8-11,18H2,1-2H3. The van der Waals surface area contributed by atoms with Crippen LogP contribution in [-0.2, 0) is 6.54 Å². The summed E-state index contributed by atoms with van der Waals surface area (Å²) < 4.78 is 0. The Labute approximate surface area is 117 Å². The summed E-state index contributed by atoms with van der Waals surface area (Å²) >= 11 is 0. The van der Waals surface area contributed by atoms with Crippen molar-refractivity contribution in [3.05, 3.63) is 29.3 Å². The van der Waals surface area contributed by atoms with Crippen LogP contribution in [0.25, 0.3) is 0 Å². The summed E-state index contributed by atoms with van der Waals surface area (Å²) in [6.45, 7) is 4.37. The lowest BCUT2D eigenvalue weighted by Crippen LogP contribution is -2.28. The molecule has 2 nitrogen and oxygen atoms in total. The molecular formula is C17H26N2. The van der Waals surface area contributed by atoms with Crippen LogP contribution in [0.4, 0.5) is 5.69 Å². The highest BCUT2D eigenvalue weighted by atomic mass is 15.1. The number of benzene rings is 1. The Balaban J connectivity index is 1.59. The number of fused-ring (bicyclic) bond motifs is 2. The lowest BCUT2D eigenvalue weighted by atomic mass is 9.88. The van der Waals surface area contributed by atoms with Crippen LogP contribution in [0.3, 0.4) is 0 Å². The van der Waals surface area contributed by atoms with E-state index in [9.17, 15) is 0 Å². The average molecular weight is 258 g/mol. The number of nitrogens with two attached hydrogens (primary N) is 1. The predicted molar refractivity (Wildman–Crippen MR) is 80.9 cm³/mol. The molecule has 2 aliphatic rings. The first-order chi connectivity index (χ1) is 9.11. The number of nitrogens with zero attached hydrogens (tertiary/aromatic N) is 1. The second kappa shape index (κ2) is 5.16. The van der Waals surface area contributed by atoms with Crippen molar-refractivity contribution in [3.8, 4) is 0 Å². The van der Waals surface area contributed by atoms with Crippen LogP contribution in [0.1, 0.15) is 36.8 Å². The van der Waals surface area contributed by atoms with Gasteiger partial charge in [0.25, 0.3) is 0 Å². The average Bonchev–Trinajstić information content (AvgIpc) is 2.96. The quantitative estimate of drug-likeness (QED) is 0.838. The minimum atomic E-state index is 0.936. The number of aryl methyl sites for hydroxylation is 1. The maximum absolute atomic E-state index is 6.08. The summed E-state index contributed by atoms with van der Waals surface area (Å²) in [7, 11) is 2.24. The van der Waals surface area contributed by atoms with Crippen LogP contribution in [-0.4, -0.2) is 18.5 Å². The largest absolute Gasteiger partial charge is 0.398 e. The molecule has 1 aromatic carbocycles. The molecule has 2 heteroatoms. The van der Waals surface area contributed by atoms with Crippen molar-refractivity contribution in [3.63, 3.8) is 0 Å². The fourth-order valence-corrected chi connectivity index (χ4v) is 4.23. The normalized spacial score (nSPS) is 29.3. The van der Waals surface area contributed by atoms with E-state index in [-0.39, 0.29) is 0 Å². The minimum absolute atomic E-state index is 0.936. The molecule has 0 aliphatic heterocycles. The summed E-state index contributed by atoms with van der Waals surface area (Å²) in [6.07, 6.45) is 5.95. The number of hydrogen-bond donors (Lipinski definition) is 1. The second-order valence-corrected chi connectivity index (χ2v) is 6.83. The van der Waals surface area contributed by atoms with Crippen LogP contribution < -0.4 is 5.73 Å². The summed E-state index contributed by atoms with van der Waals surface area (Å²) in [5, 5.41) is 0. The molecule has 1 aromatic rings. The molecule has 0 spiro atoms. The predicted octanol–water partition coefficient (Wildman–Crippen LogP) is 3.45. The van der Waals surface area contributed by atoms with Crippen LogP contribution in [0.2, 0.25) is 0 Å². The Morgan fingerprint density at radius 2 is 2.11 bits per heavy atom. The third-order valence-electron chi connectivity index (χ3n) is 5.17. The number of nitrogen functional groups attached to an aromatic ring is 1. The molecule has 3 atom stereocenters. The summed E-state index contributed by atoms with van der Waals surface area (Å²) in [5.41, 5.74) is 9.60. The molecule has 0 saturated heterocycles. The van der Waals surface area contributed by atoms with E-state index >= 15 is 0 Å². The molecule has 3 unspecified atom stereocenters. The highest BCUT2D eigenvalue weighted by Gasteiger charge is 2.39. The molecule has 2 aliphatic carbocycles. The van der Waals surface area contributed by atoms with E-state index in [2.05, 4.69) is 31.0 Å². The van der Waals surface area contributed by atoms with Crippen molar-refractivity contribution in [2.75, 3.05) is 19.3 Å². The maximum Gasteiger partial charge on any atom is 0.0359 e. The number of anilines is 1. The van der Waals surface area contributed by atoms with Crippen molar-refractivity contribution in [2.24, 2.45) is 17.8 Å². The van der Waals surface area contributed by atoms with Gasteiger partial charge in [0.05, 0.1) is 0 Å². The van der Waals surface area contributed by atoms with Crippen molar-refractivity contribution >= 4 is 5.69 Å². The summed E-state index contributed by atoms with van der Waals surface area (Å²) in [5.74, 6) is 3.00. The molecule has 0 radical (unpaired) electrons. The van der Waals surface area contributed by atoms with Gasteiger partial charge in [0, 0.05) is 18.8 Å². The third-order valence-corrected chi connectivity index (χ3v) is 5.17. The van der Waals surface area contributed by atoms with Gasteiger partial charge in [-0.25, -0.2) is 0 Å². The Hall–Kier alpha value is -1.02. The fourth-order valence-electron chi connectivity index (χ4n) is 4.23. The van der Waals surface area contributed by atoms with Gasteiger partial charge in [-0.1, -0.05) is 24.1 Å². The van der Waals surface area contributed by atoms with Crippen molar-refractivity contribution in [1.82, 2.24) is 4.90 Å². The van der Waals surface area contributed by atoms with Gasteiger partial charge >= 0.3 is 0 Å². The monoisotopic (exact) mass is 258 g/mol. The van der Waals surface area contributed by atoms with Gasteiger partial charge in [-0.05, 0) is 62.6 Å². The molecule has 2 N–H and O–H groups in total. The van der Waals surface area contributed by atoms with E-state index in [0.29, 0.717) is 0 Å². The first kappa shape index (κ1) is 13.0. The lowest BCUT2D eigenvalue weighted by Gasteiger charge is -2.27. The van der Waals surface area contributed by atoms with Crippen LogP contribution >= 0.6 is 0 Å². The SMILES string of the molecule is Cc1ccc(N)c(CN(C)CC2CC3CCC2C3)c1. The van der Waals surface area contributed by atoms with Gasteiger partial charge in [0.15, 0.2) is 0 Å². The number of hydrogen-bond acceptors (Lipinski definition) is 2. The number of rotatable bonds is 4. The third kappa shape index (κ3) is 2.79. The fraction of sp³-hybridized carbons (Fsp3) is 0.647. The summed E-state index contributed by atoms with van der Waals surface area (Å²) in [4.78, 5) is 2.47. The first-order valence-electron chi connectivity index (χ1n) is 7.65. The topological polar surface area (TPSA) is 29.3 Å². The smallest absolute Gasteiger partial charge is 0.0359 e. The van der Waals surface area contributed by atoms with E-state index in [1.54, 1.807) is 0 Å². The van der Waals surface area contributed by atoms with E-state index < -0.39 is 0 Å². The highest BCUT2D eigenvalue weighted by molar-refractivity contribution is 5.48. The van der Waals surface area contributed by atoms with E-state index in [4.69, 9.17) is 5.73 Å². The van der Waals surface area contributed by atoms with Gasteiger partial charge in [-0.3, -0.25) is 0 Å². The van der Waals surface area contributed by atoms with Crippen LogP contribution in [0.15, 0.2) is 18.2 Å². The lowest BCUT2D eigenvalue weighted by molar-refractivity contribution is 0.215. The van der Waals surface area contributed by atoms with E-state index in [1.165, 1.54) is 43.4 Å². The van der Waals surface area contributed by atoms with Gasteiger partial charge in [-0.15, -0.1) is 0 Å². The first-order valence-corrected chi connectivity index (χ1v) is 7.65. The maximum atomic E-state index is 6.08. The van der Waals surface area contributed by atoms with Crippen LogP contribution in [0.5, 0.6) is 0 Å². The second-order valence-electron chi connectivity index (χ2n) is 6.83. The van der Waals surface area contributed by atoms with E-state index in [1.807, 2.05) is 6.07 Å². The van der Waals surface area contributed by atoms with Crippen molar-refractivity contribution in [1.29, 1.82) is 0 Å². The zero-order valence-electron chi connectivity index (χ0n) is 12.2. The zero-order chi connectivity index (χ0) is 13.4. The molecule has 3 rings (SSSR count). The Morgan fingerprint density at radius 1 is 1.26 bits per heavy atom. The molecule has 0 amide bonds. The molecule has 2 fully saturated rings. The molecule has 104 valence electrons. The van der Waals surface area contributed by atoms with Crippen molar-refractivity contribution in [2.45, 2.75) is 39.2 Å². The highest BCUT2D eigenvalue weighted by Crippen LogP contribution is 2.48. The Kier molecular flexibility index (Phi) is 3.53. The molecular weight excluding hydrogens is 232 g/mol. The molecule has 0 heterocycles. The molecule has 19 heavy (non-hydrogen) atoms. The van der Waals surface area contributed by atoms with Gasteiger partial charge in [0.1, 0.15) is 0 Å². The van der Waals surface area contributed by atoms with Gasteiger partial charge in [-0.2, -0.15) is 0 Å². The summed E-state index contributed by atoms with van der Waals surface area (Å²) in [6, 6.07) is 6.36. The molecule has 2 saturated carbocycles. The van der Waals surface area contributed by atoms with Crippen molar-refractivity contribution < 1.29 is 0 Å². The Morgan fingerprint density at radius 3 is 2.79 bits per heavy atom. The van der Waals surface area contributed by atoms with Gasteiger partial charge in [0.2, 0.25) is 0 Å². The molecule has 0 aromatic heterocycles. The van der Waals surface area contributed by atoms with Crippen LogP contribution in [0, 0.1) is 24.7 Å². The van der Waals surface area contributed by atoms with E-state index in [0.717, 1.165) is 30.0 Å². The Bertz CT molecular complexity index is 455. The molecule has 2 bridgehead atoms.